The van der Waals surface area contributed by atoms with Crippen molar-refractivity contribution in [2.75, 3.05) is 11.9 Å². The third kappa shape index (κ3) is 7.06. The Hall–Kier alpha value is -2.59. The van der Waals surface area contributed by atoms with Gasteiger partial charge in [-0.25, -0.2) is 9.59 Å². The van der Waals surface area contributed by atoms with Crippen LogP contribution in [0.1, 0.15) is 24.2 Å². The first kappa shape index (κ1) is 22.7. The van der Waals surface area contributed by atoms with Gasteiger partial charge < -0.3 is 19.7 Å². The molecule has 0 aromatic heterocycles. The Morgan fingerprint density at radius 1 is 1.21 bits per heavy atom. The van der Waals surface area contributed by atoms with Gasteiger partial charge in [-0.15, -0.1) is 0 Å². The van der Waals surface area contributed by atoms with Crippen LogP contribution in [0.4, 0.5) is 10.5 Å². The molecule has 0 aliphatic rings. The van der Waals surface area contributed by atoms with Crippen LogP contribution in [-0.4, -0.2) is 35.0 Å². The van der Waals surface area contributed by atoms with E-state index in [1.54, 1.807) is 31.2 Å². The molecule has 2 atom stereocenters. The van der Waals surface area contributed by atoms with Crippen LogP contribution in [0.5, 0.6) is 5.75 Å². The minimum Gasteiger partial charge on any atom is -0.508 e. The number of benzene rings is 2. The topological polar surface area (TPSA) is 105 Å². The Morgan fingerprint density at radius 3 is 2.52 bits per heavy atom. The zero-order valence-corrected chi connectivity index (χ0v) is 18.1. The van der Waals surface area contributed by atoms with Crippen LogP contribution >= 0.6 is 22.6 Å². The van der Waals surface area contributed by atoms with Gasteiger partial charge in [-0.05, 0) is 72.8 Å². The number of phenolic OH excluding ortho intramolecular Hbond substituents is 1. The molecule has 2 aromatic carbocycles. The fourth-order valence-corrected chi connectivity index (χ4v) is 3.09. The lowest BCUT2D eigenvalue weighted by Crippen LogP contribution is -2.28. The summed E-state index contributed by atoms with van der Waals surface area (Å²) in [6.07, 6.45) is -0.533. The standard InChI is InChI=1S/C21H22INO6/c1-3-28-18(10-11-19(25)26)20(16-12-14(22)6-9-17(16)24)29-21(27)23-15-7-4-13(2)5-8-15/h4-12,18,20,24H,3H2,1-2H3,(H,23,27)(H,25,26)/b11-10+/t18-,20-/m1/s1. The summed E-state index contributed by atoms with van der Waals surface area (Å²) in [5.74, 6) is -1.25. The van der Waals surface area contributed by atoms with Crippen molar-refractivity contribution in [2.24, 2.45) is 0 Å². The summed E-state index contributed by atoms with van der Waals surface area (Å²) in [4.78, 5) is 23.5. The number of nitrogens with one attached hydrogen (secondary N) is 1. The second-order valence-electron chi connectivity index (χ2n) is 6.14. The van der Waals surface area contributed by atoms with Gasteiger partial charge in [-0.3, -0.25) is 5.32 Å². The number of carbonyl (C=O) groups excluding carboxylic acids is 1. The number of ether oxygens (including phenoxy) is 2. The van der Waals surface area contributed by atoms with E-state index in [0.717, 1.165) is 15.2 Å². The van der Waals surface area contributed by atoms with E-state index in [1.165, 1.54) is 12.1 Å². The van der Waals surface area contributed by atoms with E-state index >= 15 is 0 Å². The van der Waals surface area contributed by atoms with Crippen molar-refractivity contribution in [1.29, 1.82) is 0 Å². The molecule has 7 nitrogen and oxygen atoms in total. The molecule has 2 aromatic rings. The highest BCUT2D eigenvalue weighted by Gasteiger charge is 2.29. The number of phenols is 1. The van der Waals surface area contributed by atoms with Gasteiger partial charge in [0.25, 0.3) is 0 Å². The third-order valence-corrected chi connectivity index (χ3v) is 4.59. The largest absolute Gasteiger partial charge is 0.508 e. The fraction of sp³-hybridized carbons (Fsp3) is 0.238. The van der Waals surface area contributed by atoms with Crippen LogP contribution in [-0.2, 0) is 14.3 Å². The lowest BCUT2D eigenvalue weighted by molar-refractivity contribution is -0.131. The average Bonchev–Trinajstić information content (AvgIpc) is 2.67. The number of aryl methyl sites for hydroxylation is 1. The average molecular weight is 511 g/mol. The van der Waals surface area contributed by atoms with Gasteiger partial charge in [0.05, 0.1) is 0 Å². The highest BCUT2D eigenvalue weighted by atomic mass is 127. The molecule has 0 radical (unpaired) electrons. The lowest BCUT2D eigenvalue weighted by Gasteiger charge is -2.26. The van der Waals surface area contributed by atoms with Crippen molar-refractivity contribution < 1.29 is 29.3 Å². The molecule has 0 unspecified atom stereocenters. The Labute approximate surface area is 182 Å². The third-order valence-electron chi connectivity index (χ3n) is 3.91. The number of amides is 1. The van der Waals surface area contributed by atoms with Gasteiger partial charge in [0.2, 0.25) is 0 Å². The zero-order chi connectivity index (χ0) is 21.4. The molecule has 3 N–H and O–H groups in total. The van der Waals surface area contributed by atoms with Gasteiger partial charge in [0.15, 0.2) is 6.10 Å². The molecule has 0 saturated heterocycles. The molecule has 0 spiro atoms. The fourth-order valence-electron chi connectivity index (χ4n) is 2.57. The number of hydrogen-bond acceptors (Lipinski definition) is 5. The van der Waals surface area contributed by atoms with E-state index in [2.05, 4.69) is 27.9 Å². The quantitative estimate of drug-likeness (QED) is 0.353. The van der Waals surface area contributed by atoms with E-state index in [9.17, 15) is 14.7 Å². The van der Waals surface area contributed by atoms with Crippen molar-refractivity contribution in [3.63, 3.8) is 0 Å². The van der Waals surface area contributed by atoms with E-state index in [1.807, 2.05) is 19.1 Å². The molecule has 29 heavy (non-hydrogen) atoms. The minimum atomic E-state index is -1.16. The van der Waals surface area contributed by atoms with Crippen LogP contribution in [0, 0.1) is 10.5 Å². The smallest absolute Gasteiger partial charge is 0.412 e. The Kier molecular flexibility index (Phi) is 8.47. The van der Waals surface area contributed by atoms with E-state index < -0.39 is 24.3 Å². The molecule has 0 saturated carbocycles. The van der Waals surface area contributed by atoms with Gasteiger partial charge >= 0.3 is 12.1 Å². The second-order valence-corrected chi connectivity index (χ2v) is 7.38. The number of aromatic hydroxyl groups is 1. The van der Waals surface area contributed by atoms with Gasteiger partial charge in [-0.1, -0.05) is 17.7 Å². The maximum absolute atomic E-state index is 12.5. The van der Waals surface area contributed by atoms with Crippen LogP contribution in [0.2, 0.25) is 0 Å². The van der Waals surface area contributed by atoms with E-state index in [0.29, 0.717) is 11.3 Å². The monoisotopic (exact) mass is 511 g/mol. The first-order chi connectivity index (χ1) is 13.8. The minimum absolute atomic E-state index is 0.0908. The first-order valence-corrected chi connectivity index (χ1v) is 9.93. The van der Waals surface area contributed by atoms with Gasteiger partial charge in [0, 0.05) is 27.5 Å². The maximum Gasteiger partial charge on any atom is 0.412 e. The lowest BCUT2D eigenvalue weighted by atomic mass is 10.0. The molecule has 0 fully saturated rings. The molecular weight excluding hydrogens is 489 g/mol. The van der Waals surface area contributed by atoms with Crippen molar-refractivity contribution >= 4 is 40.3 Å². The zero-order valence-electron chi connectivity index (χ0n) is 16.0. The molecule has 154 valence electrons. The van der Waals surface area contributed by atoms with Crippen molar-refractivity contribution in [3.05, 3.63) is 69.3 Å². The molecular formula is C21H22INO6. The Bertz CT molecular complexity index is 881. The molecule has 0 bridgehead atoms. The summed E-state index contributed by atoms with van der Waals surface area (Å²) < 4.78 is 12.0. The Morgan fingerprint density at radius 2 is 1.90 bits per heavy atom. The van der Waals surface area contributed by atoms with Gasteiger partial charge in [-0.2, -0.15) is 0 Å². The van der Waals surface area contributed by atoms with Crippen LogP contribution < -0.4 is 5.32 Å². The van der Waals surface area contributed by atoms with Crippen molar-refractivity contribution in [3.8, 4) is 5.75 Å². The van der Waals surface area contributed by atoms with Crippen LogP contribution in [0.25, 0.3) is 0 Å². The van der Waals surface area contributed by atoms with Crippen molar-refractivity contribution in [2.45, 2.75) is 26.1 Å². The second kappa shape index (κ2) is 10.8. The van der Waals surface area contributed by atoms with E-state index in [-0.39, 0.29) is 12.4 Å². The summed E-state index contributed by atoms with van der Waals surface area (Å²) in [5.41, 5.74) is 1.89. The number of carboxylic acid groups (broad SMARTS) is 1. The molecule has 1 amide bonds. The molecule has 8 heteroatoms. The molecule has 0 aliphatic heterocycles. The SMILES string of the molecule is CCO[C@H](/C=C/C(=O)O)[C@H](OC(=O)Nc1ccc(C)cc1)c1cc(I)ccc1O. The predicted molar refractivity (Wildman–Crippen MR) is 117 cm³/mol. The summed E-state index contributed by atoms with van der Waals surface area (Å²) in [5, 5.41) is 21.9. The Balaban J connectivity index is 2.34. The number of anilines is 1. The number of carboxylic acids is 1. The van der Waals surface area contributed by atoms with Crippen LogP contribution in [0.15, 0.2) is 54.6 Å². The predicted octanol–water partition coefficient (Wildman–Crippen LogP) is 4.64. The normalized spacial score (nSPS) is 13.1. The summed E-state index contributed by atoms with van der Waals surface area (Å²) >= 11 is 2.07. The van der Waals surface area contributed by atoms with E-state index in [4.69, 9.17) is 14.6 Å². The van der Waals surface area contributed by atoms with Gasteiger partial charge in [0.1, 0.15) is 11.9 Å². The molecule has 0 heterocycles. The molecule has 2 rings (SSSR count). The maximum atomic E-state index is 12.5. The number of carbonyl (C=O) groups is 2. The number of halogens is 1. The number of rotatable bonds is 8. The van der Waals surface area contributed by atoms with Crippen LogP contribution in [0.3, 0.4) is 0 Å². The number of hydrogen-bond donors (Lipinski definition) is 3. The summed E-state index contributed by atoms with van der Waals surface area (Å²) in [6, 6.07) is 12.0. The summed E-state index contributed by atoms with van der Waals surface area (Å²) in [7, 11) is 0. The molecule has 0 aliphatic carbocycles. The number of aliphatic carboxylic acids is 1. The summed E-state index contributed by atoms with van der Waals surface area (Å²) in [6.45, 7) is 3.91. The highest BCUT2D eigenvalue weighted by Crippen LogP contribution is 2.33. The van der Waals surface area contributed by atoms with Crippen molar-refractivity contribution in [1.82, 2.24) is 0 Å². The highest BCUT2D eigenvalue weighted by molar-refractivity contribution is 14.1. The first-order valence-electron chi connectivity index (χ1n) is 8.85.